The molecule has 1 amide bonds. The van der Waals surface area contributed by atoms with Gasteiger partial charge in [0.15, 0.2) is 0 Å². The minimum Gasteiger partial charge on any atom is -0.460 e. The van der Waals surface area contributed by atoms with E-state index in [2.05, 4.69) is 10.3 Å². The van der Waals surface area contributed by atoms with Crippen LogP contribution >= 0.6 is 11.6 Å². The van der Waals surface area contributed by atoms with E-state index in [1.165, 1.54) is 24.4 Å². The zero-order valence-electron chi connectivity index (χ0n) is 12.6. The Kier molecular flexibility index (Phi) is 5.97. The molecule has 5 nitrogen and oxygen atoms in total. The number of halogens is 4. The van der Waals surface area contributed by atoms with Crippen LogP contribution in [0, 0.1) is 0 Å². The summed E-state index contributed by atoms with van der Waals surface area (Å²) in [4.78, 5) is 27.3. The van der Waals surface area contributed by atoms with Gasteiger partial charge in [-0.25, -0.2) is 9.78 Å². The maximum atomic E-state index is 12.6. The number of nitrogens with zero attached hydrogens (tertiary/aromatic N) is 1. The number of carbonyl (C=O) groups excluding carboxylic acids is 2. The predicted molar refractivity (Wildman–Crippen MR) is 83.3 cm³/mol. The molecule has 0 aliphatic rings. The fraction of sp³-hybridized carbons (Fsp3) is 0.188. The fourth-order valence-electron chi connectivity index (χ4n) is 1.86. The summed E-state index contributed by atoms with van der Waals surface area (Å²) in [5, 5.41) is 2.49. The maximum absolute atomic E-state index is 12.6. The van der Waals surface area contributed by atoms with Crippen LogP contribution in [0.2, 0.25) is 5.15 Å². The molecular weight excluding hydrogens is 361 g/mol. The lowest BCUT2D eigenvalue weighted by Crippen LogP contribution is -2.28. The first-order chi connectivity index (χ1) is 11.8. The van der Waals surface area contributed by atoms with Crippen molar-refractivity contribution in [3.05, 3.63) is 64.4 Å². The molecule has 132 valence electrons. The fourth-order valence-corrected chi connectivity index (χ4v) is 2.07. The van der Waals surface area contributed by atoms with Gasteiger partial charge < -0.3 is 10.1 Å². The monoisotopic (exact) mass is 372 g/mol. The van der Waals surface area contributed by atoms with Crippen LogP contribution in [0.15, 0.2) is 42.6 Å². The average Bonchev–Trinajstić information content (AvgIpc) is 2.58. The quantitative estimate of drug-likeness (QED) is 0.496. The number of hydrogen-bond donors (Lipinski definition) is 1. The summed E-state index contributed by atoms with van der Waals surface area (Å²) in [5.41, 5.74) is -1.01. The van der Waals surface area contributed by atoms with Gasteiger partial charge in [-0.2, -0.15) is 13.2 Å². The number of nitrogens with one attached hydrogen (secondary N) is 1. The Hall–Kier alpha value is -2.61. The largest absolute Gasteiger partial charge is 0.460 e. The Labute approximate surface area is 145 Å². The lowest BCUT2D eigenvalue weighted by Gasteiger charge is -2.09. The van der Waals surface area contributed by atoms with E-state index in [-0.39, 0.29) is 29.4 Å². The number of ether oxygens (including phenoxy) is 1. The van der Waals surface area contributed by atoms with Crippen LogP contribution in [0.4, 0.5) is 13.2 Å². The van der Waals surface area contributed by atoms with Crippen LogP contribution in [-0.2, 0) is 10.9 Å². The number of carbonyl (C=O) groups is 2. The molecule has 0 fully saturated rings. The molecule has 0 unspecified atom stereocenters. The number of rotatable bonds is 5. The summed E-state index contributed by atoms with van der Waals surface area (Å²) in [7, 11) is 0. The highest BCUT2D eigenvalue weighted by atomic mass is 35.5. The molecule has 2 rings (SSSR count). The highest BCUT2D eigenvalue weighted by Crippen LogP contribution is 2.29. The van der Waals surface area contributed by atoms with Gasteiger partial charge in [0.1, 0.15) is 11.8 Å². The summed E-state index contributed by atoms with van der Waals surface area (Å²) in [6.45, 7) is -0.243. The van der Waals surface area contributed by atoms with Crippen LogP contribution in [-0.4, -0.2) is 30.0 Å². The standard InChI is InChI=1S/C16H12ClF3N2O3/c17-13-12(5-2-6-21-13)14(23)22-7-8-25-15(24)10-3-1-4-11(9-10)16(18,19)20/h1-6,9H,7-8H2,(H,22,23). The Morgan fingerprint density at radius 1 is 1.20 bits per heavy atom. The molecule has 0 bridgehead atoms. The van der Waals surface area contributed by atoms with Crippen molar-refractivity contribution in [1.29, 1.82) is 0 Å². The van der Waals surface area contributed by atoms with Gasteiger partial charge in [0.2, 0.25) is 0 Å². The van der Waals surface area contributed by atoms with Gasteiger partial charge >= 0.3 is 12.1 Å². The van der Waals surface area contributed by atoms with Crippen LogP contribution in [0.25, 0.3) is 0 Å². The van der Waals surface area contributed by atoms with E-state index in [1.807, 2.05) is 0 Å². The highest BCUT2D eigenvalue weighted by molar-refractivity contribution is 6.32. The summed E-state index contributed by atoms with van der Waals surface area (Å²) >= 11 is 5.76. The SMILES string of the molecule is O=C(OCCNC(=O)c1cccnc1Cl)c1cccc(C(F)(F)F)c1. The third-order valence-electron chi connectivity index (χ3n) is 3.05. The molecule has 0 saturated carbocycles. The molecular formula is C16H12ClF3N2O3. The van der Waals surface area contributed by atoms with Crippen molar-refractivity contribution >= 4 is 23.5 Å². The van der Waals surface area contributed by atoms with Gasteiger partial charge in [0.25, 0.3) is 5.91 Å². The molecule has 1 heterocycles. The zero-order valence-corrected chi connectivity index (χ0v) is 13.4. The molecule has 0 aliphatic heterocycles. The van der Waals surface area contributed by atoms with E-state index in [0.717, 1.165) is 12.1 Å². The maximum Gasteiger partial charge on any atom is 0.416 e. The van der Waals surface area contributed by atoms with Gasteiger partial charge in [0.05, 0.1) is 23.2 Å². The topological polar surface area (TPSA) is 68.3 Å². The molecule has 0 radical (unpaired) electrons. The smallest absolute Gasteiger partial charge is 0.416 e. The second-order valence-corrected chi connectivity index (χ2v) is 5.17. The van der Waals surface area contributed by atoms with E-state index in [1.54, 1.807) is 0 Å². The van der Waals surface area contributed by atoms with Crippen molar-refractivity contribution in [3.63, 3.8) is 0 Å². The molecule has 0 saturated heterocycles. The summed E-state index contributed by atoms with van der Waals surface area (Å²) < 4.78 is 42.7. The zero-order chi connectivity index (χ0) is 18.4. The Morgan fingerprint density at radius 2 is 1.96 bits per heavy atom. The van der Waals surface area contributed by atoms with E-state index in [9.17, 15) is 22.8 Å². The summed E-state index contributed by atoms with van der Waals surface area (Å²) in [6.07, 6.45) is -3.12. The number of esters is 1. The molecule has 1 N–H and O–H groups in total. The van der Waals surface area contributed by atoms with Crippen molar-refractivity contribution in [2.24, 2.45) is 0 Å². The minimum atomic E-state index is -4.55. The van der Waals surface area contributed by atoms with E-state index in [0.29, 0.717) is 6.07 Å². The predicted octanol–water partition coefficient (Wildman–Crippen LogP) is 3.34. The number of pyridine rings is 1. The molecule has 1 aromatic carbocycles. The Bertz CT molecular complexity index is 781. The van der Waals surface area contributed by atoms with Gasteiger partial charge in [0, 0.05) is 6.20 Å². The van der Waals surface area contributed by atoms with Crippen molar-refractivity contribution in [3.8, 4) is 0 Å². The average molecular weight is 373 g/mol. The highest BCUT2D eigenvalue weighted by Gasteiger charge is 2.31. The molecule has 0 atom stereocenters. The van der Waals surface area contributed by atoms with Crippen LogP contribution in [0.3, 0.4) is 0 Å². The number of alkyl halides is 3. The second kappa shape index (κ2) is 7.98. The molecule has 0 aliphatic carbocycles. The van der Waals surface area contributed by atoms with E-state index >= 15 is 0 Å². The Balaban J connectivity index is 1.85. The van der Waals surface area contributed by atoms with Crippen molar-refractivity contribution < 1.29 is 27.5 Å². The first-order valence-corrected chi connectivity index (χ1v) is 7.40. The van der Waals surface area contributed by atoms with Gasteiger partial charge in [-0.1, -0.05) is 17.7 Å². The van der Waals surface area contributed by atoms with Gasteiger partial charge in [-0.15, -0.1) is 0 Å². The van der Waals surface area contributed by atoms with E-state index in [4.69, 9.17) is 16.3 Å². The third kappa shape index (κ3) is 5.18. The number of hydrogen-bond acceptors (Lipinski definition) is 4. The molecule has 9 heteroatoms. The van der Waals surface area contributed by atoms with Crippen molar-refractivity contribution in [2.75, 3.05) is 13.2 Å². The van der Waals surface area contributed by atoms with Crippen LogP contribution in [0.5, 0.6) is 0 Å². The summed E-state index contributed by atoms with van der Waals surface area (Å²) in [5.74, 6) is -1.42. The molecule has 1 aromatic heterocycles. The molecule has 2 aromatic rings. The van der Waals surface area contributed by atoms with Crippen molar-refractivity contribution in [2.45, 2.75) is 6.18 Å². The van der Waals surface area contributed by atoms with Gasteiger partial charge in [-0.3, -0.25) is 4.79 Å². The molecule has 0 spiro atoms. The second-order valence-electron chi connectivity index (χ2n) is 4.81. The minimum absolute atomic E-state index is 0.0287. The first kappa shape index (κ1) is 18.7. The molecule has 25 heavy (non-hydrogen) atoms. The number of aromatic nitrogens is 1. The van der Waals surface area contributed by atoms with Crippen LogP contribution < -0.4 is 5.32 Å². The number of benzene rings is 1. The first-order valence-electron chi connectivity index (χ1n) is 7.02. The summed E-state index contributed by atoms with van der Waals surface area (Å²) in [6, 6.07) is 6.90. The van der Waals surface area contributed by atoms with Gasteiger partial charge in [-0.05, 0) is 30.3 Å². The van der Waals surface area contributed by atoms with Crippen molar-refractivity contribution in [1.82, 2.24) is 10.3 Å². The third-order valence-corrected chi connectivity index (χ3v) is 3.35. The van der Waals surface area contributed by atoms with Crippen LogP contribution in [0.1, 0.15) is 26.3 Å². The van der Waals surface area contributed by atoms with E-state index < -0.39 is 23.6 Å². The Morgan fingerprint density at radius 3 is 2.64 bits per heavy atom. The lowest BCUT2D eigenvalue weighted by molar-refractivity contribution is -0.137. The number of amides is 1. The lowest BCUT2D eigenvalue weighted by atomic mass is 10.1. The normalized spacial score (nSPS) is 11.0.